The van der Waals surface area contributed by atoms with E-state index in [2.05, 4.69) is 118 Å². The number of ketones is 6. The van der Waals surface area contributed by atoms with Crippen LogP contribution in [0.1, 0.15) is 340 Å². The molecule has 0 fully saturated rings. The fourth-order valence-electron chi connectivity index (χ4n) is 11.1. The van der Waals surface area contributed by atoms with Crippen molar-refractivity contribution in [1.29, 1.82) is 0 Å². The monoisotopic (exact) mass is 1840 g/mol. The normalized spacial score (nSPS) is 11.3. The van der Waals surface area contributed by atoms with Crippen LogP contribution in [0.2, 0.25) is 0 Å². The number of hydrogen-bond acceptors (Lipinski definition) is 24. The average molecular weight is 1840 g/mol. The topological polar surface area (TPSA) is 331 Å². The summed E-state index contributed by atoms with van der Waals surface area (Å²) in [5, 5.41) is 11.7. The number of ether oxygens (including phenoxy) is 14. The summed E-state index contributed by atoms with van der Waals surface area (Å²) in [5.41, 5.74) is 0. The minimum atomic E-state index is 0.00574. The Morgan fingerprint density at radius 2 is 0.453 bits per heavy atom. The fourth-order valence-corrected chi connectivity index (χ4v) is 11.1. The number of Topliss-reactive ketones (excluding diaryl/α,β-unsaturated/α-hetero) is 6. The van der Waals surface area contributed by atoms with Gasteiger partial charge in [0.15, 0.2) is 0 Å². The average Bonchev–Trinajstić information content (AvgIpc) is 0.993. The van der Waals surface area contributed by atoms with E-state index in [-0.39, 0.29) is 53.3 Å². The van der Waals surface area contributed by atoms with Crippen molar-refractivity contribution in [3.63, 3.8) is 0 Å². The molecule has 0 aliphatic heterocycles. The van der Waals surface area contributed by atoms with Crippen LogP contribution in [-0.2, 0) is 109 Å². The first-order valence-corrected chi connectivity index (χ1v) is 49.6. The van der Waals surface area contributed by atoms with E-state index in [9.17, 15) is 43.2 Å². The Morgan fingerprint density at radius 3 is 0.773 bits per heavy atom. The lowest BCUT2D eigenvalue weighted by Gasteiger charge is -2.09. The molecule has 0 unspecified atom stereocenters. The minimum absolute atomic E-state index is 0.00574. The van der Waals surface area contributed by atoms with E-state index < -0.39 is 0 Å². The van der Waals surface area contributed by atoms with E-state index in [1.807, 2.05) is 69.2 Å². The number of amides is 3. The summed E-state index contributed by atoms with van der Waals surface area (Å²) < 4.78 is 75.7. The van der Waals surface area contributed by atoms with Crippen LogP contribution in [0.25, 0.3) is 0 Å². The van der Waals surface area contributed by atoms with Crippen LogP contribution >= 0.6 is 0 Å². The van der Waals surface area contributed by atoms with Gasteiger partial charge in [0.25, 0.3) is 0 Å². The summed E-state index contributed by atoms with van der Waals surface area (Å²) in [4.78, 5) is 103. The van der Waals surface area contributed by atoms with Gasteiger partial charge in [-0.25, -0.2) is 0 Å². The number of rotatable bonds is 86. The highest BCUT2D eigenvalue weighted by atomic mass is 16.6. The zero-order valence-corrected chi connectivity index (χ0v) is 86.4. The number of hydrogen-bond donors (Lipinski definition) is 4. The van der Waals surface area contributed by atoms with Crippen molar-refractivity contribution in [3.05, 3.63) is 0 Å². The van der Waals surface area contributed by atoms with Crippen molar-refractivity contribution in [2.75, 3.05) is 191 Å². The standard InChI is InChI=1S/C20H40O5.C18H35NO5.C18H36O5.C17H32O2.C16H33NO4.C12H24N2O2/c1-18(2)7-11-22-10-5-6-20(21)9-13-24-15-17-25-16-14-23-12-8-19(3)4;1-15(2)14-17(20)6-5-8-22-10-12-24-13-11-23-9-7-18(21)19-16(3)4;1-16(2)7-10-20-12-14-22-15-13-21-11-8-18(19)6-5-9-23-17(3)4;1-14(2)12-16(18)10-8-6-5-7-9-11-17(19)13-15(3)4;1-14(2)13-16(18)5-7-19-9-11-21-12-10-20-8-6-17-15(3)4;1-9(2)8-12(16)13-7-5-6-11(15)14-10(3)4/h18-19H,5-17H2,1-4H3;15-16H,5-14H2,1-4H3,(H,19,21);16-17H,5-15H2,1-4H3;14-15H,5-13H2,1-4H3;14-15,17H,5-13H2,1-4H3;9-10H,5-8H2,1-4H3,(H,13,16)(H,14,15). The Hall–Kier alpha value is -4.17. The van der Waals surface area contributed by atoms with Gasteiger partial charge in [0.05, 0.1) is 145 Å². The Kier molecular flexibility index (Phi) is 109. The van der Waals surface area contributed by atoms with Gasteiger partial charge in [-0.3, -0.25) is 43.2 Å². The van der Waals surface area contributed by atoms with E-state index in [1.165, 1.54) is 0 Å². The lowest BCUT2D eigenvalue weighted by atomic mass is 10.00. The molecule has 0 bridgehead atoms. The predicted molar refractivity (Wildman–Crippen MR) is 518 cm³/mol. The van der Waals surface area contributed by atoms with Gasteiger partial charge in [0.2, 0.25) is 17.7 Å². The molecule has 27 nitrogen and oxygen atoms in total. The molecule has 0 saturated heterocycles. The molecule has 3 amide bonds. The van der Waals surface area contributed by atoms with Gasteiger partial charge in [-0.05, 0) is 147 Å². The van der Waals surface area contributed by atoms with Crippen LogP contribution < -0.4 is 21.3 Å². The van der Waals surface area contributed by atoms with E-state index in [4.69, 9.17) is 66.3 Å². The van der Waals surface area contributed by atoms with Crippen molar-refractivity contribution in [3.8, 4) is 0 Å². The second-order valence-electron chi connectivity index (χ2n) is 37.2. The summed E-state index contributed by atoms with van der Waals surface area (Å²) in [5.74, 6) is 6.22. The summed E-state index contributed by atoms with van der Waals surface area (Å²) in [6, 6.07) is 0.839. The molecule has 0 radical (unpaired) electrons. The molecule has 27 heteroatoms. The van der Waals surface area contributed by atoms with Crippen molar-refractivity contribution < 1.29 is 109 Å². The van der Waals surface area contributed by atoms with Gasteiger partial charge < -0.3 is 87.6 Å². The third-order valence-corrected chi connectivity index (χ3v) is 17.7. The highest BCUT2D eigenvalue weighted by Gasteiger charge is 2.13. The Balaban J connectivity index is -0.000000351. The van der Waals surface area contributed by atoms with E-state index in [0.29, 0.717) is 313 Å². The number of carbonyl (C=O) groups excluding carboxylic acids is 9. The molecular formula is C101H200N4O23. The minimum Gasteiger partial charge on any atom is -0.381 e. The zero-order chi connectivity index (χ0) is 97.5. The van der Waals surface area contributed by atoms with Crippen LogP contribution in [0.3, 0.4) is 0 Å². The third-order valence-electron chi connectivity index (χ3n) is 17.7. The molecular weight excluding hydrogens is 1640 g/mol. The second kappa shape index (κ2) is 103. The molecule has 0 aromatic rings. The molecule has 0 aromatic carbocycles. The second-order valence-corrected chi connectivity index (χ2v) is 37.2. The first-order valence-electron chi connectivity index (χ1n) is 49.6. The molecule has 0 aliphatic carbocycles. The SMILES string of the molecule is CC(C)CC(=O)CCCCCCCC(=O)CC(C)C.CC(C)CC(=O)CCCOCCOCCOCCC(=O)NC(C)C.CC(C)CC(=O)CCOCCOCCOCCNC(C)C.CC(C)CC(=O)NCCCC(=O)NC(C)C.CC(C)CCOCCCC(=O)CCOCCOCCOCCC(C)C.CC(C)CCOCCOCCOCCC(=O)CCCOC(C)C. The molecule has 128 heavy (non-hydrogen) atoms. The quantitative estimate of drug-likeness (QED) is 0.0411. The number of carbonyl (C=O) groups is 9. The number of unbranched alkanes of at least 4 members (excludes halogenated alkanes) is 4. The maximum Gasteiger partial charge on any atom is 0.222 e. The maximum absolute atomic E-state index is 11.7. The molecule has 0 atom stereocenters. The molecule has 0 saturated carbocycles. The Morgan fingerprint density at radius 1 is 0.195 bits per heavy atom. The third kappa shape index (κ3) is 135. The largest absolute Gasteiger partial charge is 0.381 e. The molecule has 0 heterocycles. The summed E-state index contributed by atoms with van der Waals surface area (Å²) in [6.45, 7) is 66.7. The zero-order valence-electron chi connectivity index (χ0n) is 86.4. The van der Waals surface area contributed by atoms with Crippen molar-refractivity contribution >= 4 is 52.4 Å². The molecule has 0 aliphatic rings. The van der Waals surface area contributed by atoms with Crippen molar-refractivity contribution in [1.82, 2.24) is 21.3 Å². The van der Waals surface area contributed by atoms with E-state index >= 15 is 0 Å². The van der Waals surface area contributed by atoms with Gasteiger partial charge in [-0.15, -0.1) is 0 Å². The van der Waals surface area contributed by atoms with Crippen LogP contribution in [0, 0.1) is 47.3 Å². The summed E-state index contributed by atoms with van der Waals surface area (Å²) in [7, 11) is 0. The van der Waals surface area contributed by atoms with Gasteiger partial charge >= 0.3 is 0 Å². The van der Waals surface area contributed by atoms with Crippen molar-refractivity contribution in [2.45, 2.75) is 364 Å². The van der Waals surface area contributed by atoms with Gasteiger partial charge in [-0.2, -0.15) is 0 Å². The van der Waals surface area contributed by atoms with Crippen molar-refractivity contribution in [2.24, 2.45) is 47.3 Å². The fraction of sp³-hybridized carbons (Fsp3) is 0.911. The molecule has 0 spiro atoms. The van der Waals surface area contributed by atoms with Crippen LogP contribution in [0.5, 0.6) is 0 Å². The highest BCUT2D eigenvalue weighted by molar-refractivity contribution is 5.81. The molecule has 762 valence electrons. The number of nitrogens with one attached hydrogen (secondary N) is 4. The first kappa shape index (κ1) is 135. The maximum atomic E-state index is 11.7. The van der Waals surface area contributed by atoms with Crippen LogP contribution in [0.15, 0.2) is 0 Å². The summed E-state index contributed by atoms with van der Waals surface area (Å²) in [6.07, 6.45) is 20.8. The molecule has 0 rings (SSSR count). The lowest BCUT2D eigenvalue weighted by molar-refractivity contribution is -0.123. The Bertz CT molecular complexity index is 2380. The molecule has 0 aromatic heterocycles. The first-order chi connectivity index (χ1) is 60.8. The smallest absolute Gasteiger partial charge is 0.222 e. The van der Waals surface area contributed by atoms with Gasteiger partial charge in [0, 0.05) is 167 Å². The van der Waals surface area contributed by atoms with E-state index in [0.717, 1.165) is 123 Å². The van der Waals surface area contributed by atoms with Gasteiger partial charge in [-0.1, -0.05) is 144 Å². The lowest BCUT2D eigenvalue weighted by Crippen LogP contribution is -2.31. The van der Waals surface area contributed by atoms with Crippen LogP contribution in [-0.4, -0.2) is 268 Å². The Labute approximate surface area is 782 Å². The van der Waals surface area contributed by atoms with Gasteiger partial charge in [0.1, 0.15) is 34.7 Å². The highest BCUT2D eigenvalue weighted by Crippen LogP contribution is 2.14. The molecule has 4 N–H and O–H groups in total. The summed E-state index contributed by atoms with van der Waals surface area (Å²) >= 11 is 0. The van der Waals surface area contributed by atoms with E-state index in [1.54, 1.807) is 0 Å². The predicted octanol–water partition coefficient (Wildman–Crippen LogP) is 17.9. The van der Waals surface area contributed by atoms with Crippen LogP contribution in [0.4, 0.5) is 0 Å².